The van der Waals surface area contributed by atoms with Gasteiger partial charge in [0, 0.05) is 45.8 Å². The van der Waals surface area contributed by atoms with Crippen molar-refractivity contribution in [1.29, 1.82) is 0 Å². The molecular formula is C24H38N6O. The summed E-state index contributed by atoms with van der Waals surface area (Å²) in [7, 11) is 0. The molecule has 0 spiro atoms. The summed E-state index contributed by atoms with van der Waals surface area (Å²) < 4.78 is 0. The van der Waals surface area contributed by atoms with Crippen LogP contribution < -0.4 is 15.1 Å². The van der Waals surface area contributed by atoms with E-state index in [1.54, 1.807) is 0 Å². The summed E-state index contributed by atoms with van der Waals surface area (Å²) in [5, 5.41) is 12.2. The van der Waals surface area contributed by atoms with Gasteiger partial charge in [-0.15, -0.1) is 10.2 Å². The molecule has 1 aromatic rings. The Morgan fingerprint density at radius 3 is 2.48 bits per heavy atom. The van der Waals surface area contributed by atoms with E-state index in [4.69, 9.17) is 0 Å². The smallest absolute Gasteiger partial charge is 0.224 e. The SMILES string of the molecule is CCN1CCN(c2ccc(N3CCCC(C(=O)NCCC4=CCCCC4)C3)nn2)CC1. The van der Waals surface area contributed by atoms with Gasteiger partial charge in [0.1, 0.15) is 0 Å². The van der Waals surface area contributed by atoms with Crippen molar-refractivity contribution < 1.29 is 4.79 Å². The molecule has 1 N–H and O–H groups in total. The van der Waals surface area contributed by atoms with Crippen LogP contribution in [0.15, 0.2) is 23.8 Å². The maximum Gasteiger partial charge on any atom is 0.224 e. The number of piperidine rings is 1. The zero-order valence-corrected chi connectivity index (χ0v) is 19.1. The predicted octanol–water partition coefficient (Wildman–Crippen LogP) is 2.84. The van der Waals surface area contributed by atoms with Crippen molar-refractivity contribution in [2.24, 2.45) is 5.92 Å². The molecular weight excluding hydrogens is 388 g/mol. The molecule has 170 valence electrons. The van der Waals surface area contributed by atoms with E-state index in [2.05, 4.69) is 55.3 Å². The summed E-state index contributed by atoms with van der Waals surface area (Å²) >= 11 is 0. The highest BCUT2D eigenvalue weighted by Gasteiger charge is 2.27. The summed E-state index contributed by atoms with van der Waals surface area (Å²) in [4.78, 5) is 19.7. The van der Waals surface area contributed by atoms with Gasteiger partial charge in [-0.3, -0.25) is 4.79 Å². The second kappa shape index (κ2) is 10.9. The average Bonchev–Trinajstić information content (AvgIpc) is 2.85. The van der Waals surface area contributed by atoms with E-state index >= 15 is 0 Å². The third-order valence-corrected chi connectivity index (χ3v) is 7.03. The number of nitrogens with one attached hydrogen (secondary N) is 1. The maximum absolute atomic E-state index is 12.7. The van der Waals surface area contributed by atoms with Gasteiger partial charge in [0.15, 0.2) is 11.6 Å². The lowest BCUT2D eigenvalue weighted by Crippen LogP contribution is -2.46. The number of rotatable bonds is 7. The molecule has 1 amide bonds. The van der Waals surface area contributed by atoms with Gasteiger partial charge in [-0.2, -0.15) is 0 Å². The summed E-state index contributed by atoms with van der Waals surface area (Å²) in [6.45, 7) is 9.94. The summed E-state index contributed by atoms with van der Waals surface area (Å²) in [5.41, 5.74) is 1.52. The van der Waals surface area contributed by atoms with E-state index < -0.39 is 0 Å². The summed E-state index contributed by atoms with van der Waals surface area (Å²) in [6, 6.07) is 4.16. The molecule has 31 heavy (non-hydrogen) atoms. The Hall–Kier alpha value is -2.15. The van der Waals surface area contributed by atoms with Gasteiger partial charge in [0.2, 0.25) is 5.91 Å². The largest absolute Gasteiger partial charge is 0.355 e. The Balaban J connectivity index is 1.26. The van der Waals surface area contributed by atoms with Crippen LogP contribution in [-0.2, 0) is 4.79 Å². The number of amides is 1. The van der Waals surface area contributed by atoms with Crippen LogP contribution in [-0.4, -0.2) is 73.4 Å². The number of nitrogens with zero attached hydrogens (tertiary/aromatic N) is 5. The van der Waals surface area contributed by atoms with Gasteiger partial charge in [0.25, 0.3) is 0 Å². The first kappa shape index (κ1) is 22.1. The molecule has 1 unspecified atom stereocenters. The lowest BCUT2D eigenvalue weighted by Gasteiger charge is -2.35. The first-order valence-corrected chi connectivity index (χ1v) is 12.2. The van der Waals surface area contributed by atoms with E-state index in [9.17, 15) is 4.79 Å². The van der Waals surface area contributed by atoms with E-state index in [1.807, 2.05) is 0 Å². The minimum atomic E-state index is 0.0395. The van der Waals surface area contributed by atoms with Crippen molar-refractivity contribution in [2.75, 3.05) is 62.2 Å². The number of hydrogen-bond donors (Lipinski definition) is 1. The van der Waals surface area contributed by atoms with Gasteiger partial charge >= 0.3 is 0 Å². The number of aromatic nitrogens is 2. The first-order chi connectivity index (χ1) is 15.2. The van der Waals surface area contributed by atoms with Gasteiger partial charge in [0.05, 0.1) is 5.92 Å². The lowest BCUT2D eigenvalue weighted by atomic mass is 9.96. The van der Waals surface area contributed by atoms with Gasteiger partial charge in [-0.25, -0.2) is 0 Å². The molecule has 7 heteroatoms. The molecule has 1 atom stereocenters. The number of anilines is 2. The molecule has 0 radical (unpaired) electrons. The number of carbonyl (C=O) groups excluding carboxylic acids is 1. The Kier molecular flexibility index (Phi) is 7.78. The van der Waals surface area contributed by atoms with Crippen molar-refractivity contribution >= 4 is 17.5 Å². The fraction of sp³-hybridized carbons (Fsp3) is 0.708. The topological polar surface area (TPSA) is 64.6 Å². The Bertz CT molecular complexity index is 741. The van der Waals surface area contributed by atoms with Crippen LogP contribution in [0, 0.1) is 5.92 Å². The number of piperazine rings is 1. The van der Waals surface area contributed by atoms with E-state index in [0.29, 0.717) is 0 Å². The quantitative estimate of drug-likeness (QED) is 0.677. The van der Waals surface area contributed by atoms with Crippen molar-refractivity contribution in [2.45, 2.75) is 51.9 Å². The highest BCUT2D eigenvalue weighted by molar-refractivity contribution is 5.79. The predicted molar refractivity (Wildman–Crippen MR) is 125 cm³/mol. The van der Waals surface area contributed by atoms with Crippen molar-refractivity contribution in [3.05, 3.63) is 23.8 Å². The zero-order chi connectivity index (χ0) is 21.5. The van der Waals surface area contributed by atoms with Crippen LogP contribution in [0.1, 0.15) is 51.9 Å². The number of carbonyl (C=O) groups is 1. The normalized spacial score (nSPS) is 22.9. The zero-order valence-electron chi connectivity index (χ0n) is 19.1. The van der Waals surface area contributed by atoms with E-state index in [-0.39, 0.29) is 11.8 Å². The number of likely N-dealkylation sites (N-methyl/N-ethyl adjacent to an activating group) is 1. The standard InChI is InChI=1S/C24H38N6O/c1-2-28-15-17-29(18-16-28)22-10-11-23(27-26-22)30-14-6-9-21(19-30)24(31)25-13-12-20-7-4-3-5-8-20/h7,10-11,21H,2-6,8-9,12-19H2,1H3,(H,25,31). The van der Waals surface area contributed by atoms with Crippen LogP contribution in [0.25, 0.3) is 0 Å². The second-order valence-corrected chi connectivity index (χ2v) is 9.11. The van der Waals surface area contributed by atoms with Crippen molar-refractivity contribution in [3.8, 4) is 0 Å². The monoisotopic (exact) mass is 426 g/mol. The van der Waals surface area contributed by atoms with Crippen LogP contribution >= 0.6 is 0 Å². The fourth-order valence-corrected chi connectivity index (χ4v) is 4.97. The van der Waals surface area contributed by atoms with Crippen molar-refractivity contribution in [3.63, 3.8) is 0 Å². The Morgan fingerprint density at radius 1 is 1.03 bits per heavy atom. The Morgan fingerprint density at radius 2 is 1.81 bits per heavy atom. The van der Waals surface area contributed by atoms with E-state index in [0.717, 1.165) is 83.3 Å². The third kappa shape index (κ3) is 5.97. The summed E-state index contributed by atoms with van der Waals surface area (Å²) in [5.74, 6) is 2.08. The van der Waals surface area contributed by atoms with Gasteiger partial charge < -0.3 is 20.0 Å². The molecule has 0 aromatic carbocycles. The van der Waals surface area contributed by atoms with Crippen molar-refractivity contribution in [1.82, 2.24) is 20.4 Å². The molecule has 1 aromatic heterocycles. The molecule has 2 saturated heterocycles. The molecule has 2 fully saturated rings. The number of hydrogen-bond acceptors (Lipinski definition) is 6. The van der Waals surface area contributed by atoms with Crippen LogP contribution in [0.3, 0.4) is 0 Å². The minimum absolute atomic E-state index is 0.0395. The molecule has 4 rings (SSSR count). The molecule has 1 aliphatic carbocycles. The first-order valence-electron chi connectivity index (χ1n) is 12.2. The Labute approximate surface area is 186 Å². The molecule has 2 aliphatic heterocycles. The molecule has 3 aliphatic rings. The van der Waals surface area contributed by atoms with Crippen LogP contribution in [0.2, 0.25) is 0 Å². The average molecular weight is 427 g/mol. The molecule has 0 saturated carbocycles. The fourth-order valence-electron chi connectivity index (χ4n) is 4.97. The second-order valence-electron chi connectivity index (χ2n) is 9.11. The maximum atomic E-state index is 12.7. The van der Waals surface area contributed by atoms with Gasteiger partial charge in [-0.05, 0) is 63.6 Å². The molecule has 0 bridgehead atoms. The third-order valence-electron chi connectivity index (χ3n) is 7.03. The highest BCUT2D eigenvalue weighted by atomic mass is 16.1. The molecule has 7 nitrogen and oxygen atoms in total. The van der Waals surface area contributed by atoms with Gasteiger partial charge in [-0.1, -0.05) is 18.6 Å². The summed E-state index contributed by atoms with van der Waals surface area (Å²) in [6.07, 6.45) is 10.4. The lowest BCUT2D eigenvalue weighted by molar-refractivity contribution is -0.125. The van der Waals surface area contributed by atoms with Crippen LogP contribution in [0.4, 0.5) is 11.6 Å². The highest BCUT2D eigenvalue weighted by Crippen LogP contribution is 2.23. The molecule has 3 heterocycles. The van der Waals surface area contributed by atoms with E-state index in [1.165, 1.54) is 31.3 Å². The number of allylic oxidation sites excluding steroid dienone is 1. The minimum Gasteiger partial charge on any atom is -0.355 e. The van der Waals surface area contributed by atoms with Crippen LogP contribution in [0.5, 0.6) is 0 Å².